The molecule has 0 aromatic heterocycles. The molecular formula is C13H14O3. The first kappa shape index (κ1) is 11.0. The van der Waals surface area contributed by atoms with Crippen LogP contribution in [0.25, 0.3) is 0 Å². The Labute approximate surface area is 94.4 Å². The van der Waals surface area contributed by atoms with Crippen molar-refractivity contribution < 1.29 is 14.3 Å². The van der Waals surface area contributed by atoms with Crippen LogP contribution in [-0.4, -0.2) is 24.8 Å². The molecule has 0 aliphatic carbocycles. The summed E-state index contributed by atoms with van der Waals surface area (Å²) in [5.41, 5.74) is 1.54. The average molecular weight is 218 g/mol. The molecule has 3 nitrogen and oxygen atoms in total. The van der Waals surface area contributed by atoms with Crippen molar-refractivity contribution in [2.75, 3.05) is 13.2 Å². The molecule has 1 unspecified atom stereocenters. The maximum atomic E-state index is 12.1. The first-order valence-corrected chi connectivity index (χ1v) is 5.40. The van der Waals surface area contributed by atoms with Crippen LogP contribution in [0.3, 0.4) is 0 Å². The Hall–Kier alpha value is -1.48. The van der Waals surface area contributed by atoms with Crippen LogP contribution in [0.5, 0.6) is 0 Å². The molecule has 0 spiro atoms. The van der Waals surface area contributed by atoms with E-state index in [9.17, 15) is 9.59 Å². The third kappa shape index (κ3) is 2.04. The van der Waals surface area contributed by atoms with Crippen LogP contribution in [0.2, 0.25) is 0 Å². The van der Waals surface area contributed by atoms with Gasteiger partial charge in [0.2, 0.25) is 0 Å². The first-order valence-electron chi connectivity index (χ1n) is 5.40. The van der Waals surface area contributed by atoms with Crippen LogP contribution in [0.15, 0.2) is 24.3 Å². The Morgan fingerprint density at radius 3 is 2.81 bits per heavy atom. The van der Waals surface area contributed by atoms with Gasteiger partial charge in [-0.25, -0.2) is 0 Å². The third-order valence-corrected chi connectivity index (χ3v) is 2.89. The molecule has 3 heteroatoms. The van der Waals surface area contributed by atoms with Crippen LogP contribution in [-0.2, 0) is 9.53 Å². The summed E-state index contributed by atoms with van der Waals surface area (Å²) in [4.78, 5) is 23.7. The second kappa shape index (κ2) is 4.58. The number of aryl methyl sites for hydroxylation is 1. The minimum atomic E-state index is -0.602. The summed E-state index contributed by atoms with van der Waals surface area (Å²) in [6.07, 6.45) is 0.349. The fourth-order valence-corrected chi connectivity index (χ4v) is 1.90. The lowest BCUT2D eigenvalue weighted by atomic mass is 9.90. The Morgan fingerprint density at radius 2 is 2.12 bits per heavy atom. The molecule has 1 fully saturated rings. The van der Waals surface area contributed by atoms with Crippen molar-refractivity contribution in [1.82, 2.24) is 0 Å². The van der Waals surface area contributed by atoms with Gasteiger partial charge in [-0.15, -0.1) is 0 Å². The van der Waals surface area contributed by atoms with Crippen molar-refractivity contribution in [2.45, 2.75) is 13.3 Å². The molecule has 16 heavy (non-hydrogen) atoms. The lowest BCUT2D eigenvalue weighted by molar-refractivity contribution is -0.128. The highest BCUT2D eigenvalue weighted by molar-refractivity contribution is 6.11. The van der Waals surface area contributed by atoms with E-state index < -0.39 is 5.92 Å². The number of carbonyl (C=O) groups excluding carboxylic acids is 2. The van der Waals surface area contributed by atoms with E-state index in [4.69, 9.17) is 4.74 Å². The number of hydrogen-bond donors (Lipinski definition) is 0. The molecule has 1 aliphatic heterocycles. The van der Waals surface area contributed by atoms with Gasteiger partial charge in [-0.1, -0.05) is 24.3 Å². The van der Waals surface area contributed by atoms with E-state index in [1.807, 2.05) is 25.1 Å². The molecule has 2 rings (SSSR count). The van der Waals surface area contributed by atoms with Crippen molar-refractivity contribution in [3.63, 3.8) is 0 Å². The maximum absolute atomic E-state index is 12.1. The highest BCUT2D eigenvalue weighted by Crippen LogP contribution is 2.18. The van der Waals surface area contributed by atoms with Crippen LogP contribution in [0.4, 0.5) is 0 Å². The van der Waals surface area contributed by atoms with Gasteiger partial charge in [0.15, 0.2) is 5.78 Å². The van der Waals surface area contributed by atoms with Crippen LogP contribution < -0.4 is 0 Å². The lowest BCUT2D eigenvalue weighted by Gasteiger charge is -2.20. The normalized spacial score (nSPS) is 20.8. The van der Waals surface area contributed by atoms with Gasteiger partial charge in [0.25, 0.3) is 0 Å². The van der Waals surface area contributed by atoms with Crippen molar-refractivity contribution in [3.8, 4) is 0 Å². The van der Waals surface area contributed by atoms with Gasteiger partial charge in [0.1, 0.15) is 11.7 Å². The average Bonchev–Trinajstić information content (AvgIpc) is 2.29. The Balaban J connectivity index is 2.25. The Bertz CT molecular complexity index is 423. The minimum Gasteiger partial charge on any atom is -0.380 e. The van der Waals surface area contributed by atoms with Crippen LogP contribution in [0, 0.1) is 12.8 Å². The molecule has 1 aliphatic rings. The zero-order valence-electron chi connectivity index (χ0n) is 9.23. The van der Waals surface area contributed by atoms with Gasteiger partial charge in [-0.3, -0.25) is 9.59 Å². The highest BCUT2D eigenvalue weighted by Gasteiger charge is 2.30. The molecule has 0 amide bonds. The summed E-state index contributed by atoms with van der Waals surface area (Å²) in [5.74, 6) is -0.711. The van der Waals surface area contributed by atoms with Crippen LogP contribution in [0.1, 0.15) is 22.3 Å². The zero-order valence-corrected chi connectivity index (χ0v) is 9.23. The van der Waals surface area contributed by atoms with Gasteiger partial charge >= 0.3 is 0 Å². The molecule has 1 heterocycles. The number of ether oxygens (including phenoxy) is 1. The van der Waals surface area contributed by atoms with Crippen molar-refractivity contribution in [1.29, 1.82) is 0 Å². The number of Topliss-reactive ketones (excluding diaryl/α,β-unsaturated/α-hetero) is 2. The van der Waals surface area contributed by atoms with E-state index in [-0.39, 0.29) is 18.2 Å². The quantitative estimate of drug-likeness (QED) is 0.561. The largest absolute Gasteiger partial charge is 0.380 e. The SMILES string of the molecule is Cc1ccccc1C(=O)C1COCCC1=O. The Kier molecular flexibility index (Phi) is 3.15. The van der Waals surface area contributed by atoms with Gasteiger partial charge in [0.05, 0.1) is 13.2 Å². The molecule has 1 saturated heterocycles. The number of carbonyl (C=O) groups is 2. The number of hydrogen-bond acceptors (Lipinski definition) is 3. The molecule has 1 atom stereocenters. The summed E-state index contributed by atoms with van der Waals surface area (Å²) in [7, 11) is 0. The minimum absolute atomic E-state index is 0.000460. The Morgan fingerprint density at radius 1 is 1.38 bits per heavy atom. The first-order chi connectivity index (χ1) is 7.70. The van der Waals surface area contributed by atoms with E-state index in [1.165, 1.54) is 0 Å². The summed E-state index contributed by atoms with van der Waals surface area (Å²) in [6.45, 7) is 2.55. The van der Waals surface area contributed by atoms with Gasteiger partial charge < -0.3 is 4.74 Å². The monoisotopic (exact) mass is 218 g/mol. The molecule has 0 saturated carbocycles. The highest BCUT2D eigenvalue weighted by atomic mass is 16.5. The number of benzene rings is 1. The topological polar surface area (TPSA) is 43.4 Å². The summed E-state index contributed by atoms with van der Waals surface area (Å²) in [6, 6.07) is 7.33. The van der Waals surface area contributed by atoms with Gasteiger partial charge in [-0.2, -0.15) is 0 Å². The van der Waals surface area contributed by atoms with Crippen molar-refractivity contribution >= 4 is 11.6 Å². The standard InChI is InChI=1S/C13H14O3/c1-9-4-2-3-5-10(9)13(15)11-8-16-7-6-12(11)14/h2-5,11H,6-8H2,1H3. The lowest BCUT2D eigenvalue weighted by Crippen LogP contribution is -2.34. The van der Waals surface area contributed by atoms with Crippen molar-refractivity contribution in [2.24, 2.45) is 5.92 Å². The second-order valence-corrected chi connectivity index (χ2v) is 4.02. The van der Waals surface area contributed by atoms with E-state index in [2.05, 4.69) is 0 Å². The summed E-state index contributed by atoms with van der Waals surface area (Å²) >= 11 is 0. The van der Waals surface area contributed by atoms with E-state index in [1.54, 1.807) is 6.07 Å². The molecule has 0 radical (unpaired) electrons. The molecule has 1 aromatic carbocycles. The fraction of sp³-hybridized carbons (Fsp3) is 0.385. The molecular weight excluding hydrogens is 204 g/mol. The van der Waals surface area contributed by atoms with Gasteiger partial charge in [0, 0.05) is 12.0 Å². The zero-order chi connectivity index (χ0) is 11.5. The molecule has 0 N–H and O–H groups in total. The number of ketones is 2. The predicted octanol–water partition coefficient (Wildman–Crippen LogP) is 1.78. The third-order valence-electron chi connectivity index (χ3n) is 2.89. The fourth-order valence-electron chi connectivity index (χ4n) is 1.90. The second-order valence-electron chi connectivity index (χ2n) is 4.02. The van der Waals surface area contributed by atoms with E-state index in [0.29, 0.717) is 18.6 Å². The molecule has 0 bridgehead atoms. The van der Waals surface area contributed by atoms with Crippen molar-refractivity contribution in [3.05, 3.63) is 35.4 Å². The van der Waals surface area contributed by atoms with E-state index >= 15 is 0 Å². The maximum Gasteiger partial charge on any atom is 0.175 e. The summed E-state index contributed by atoms with van der Waals surface area (Å²) in [5, 5.41) is 0. The molecule has 1 aromatic rings. The smallest absolute Gasteiger partial charge is 0.175 e. The summed E-state index contributed by atoms with van der Waals surface area (Å²) < 4.78 is 5.19. The molecule has 84 valence electrons. The predicted molar refractivity (Wildman–Crippen MR) is 59.4 cm³/mol. The number of rotatable bonds is 2. The van der Waals surface area contributed by atoms with E-state index in [0.717, 1.165) is 5.56 Å². The van der Waals surface area contributed by atoms with Crippen LogP contribution >= 0.6 is 0 Å². The van der Waals surface area contributed by atoms with Gasteiger partial charge in [-0.05, 0) is 12.5 Å².